The summed E-state index contributed by atoms with van der Waals surface area (Å²) in [5.41, 5.74) is 0.746. The number of morpholine rings is 1. The van der Waals surface area contributed by atoms with E-state index in [-0.39, 0.29) is 41.9 Å². The first kappa shape index (κ1) is 20.2. The Labute approximate surface area is 164 Å². The van der Waals surface area contributed by atoms with E-state index in [2.05, 4.69) is 15.2 Å². The molecule has 2 fully saturated rings. The third-order valence-corrected chi connectivity index (χ3v) is 4.45. The number of nitrogens with zero attached hydrogens (tertiary/aromatic N) is 2. The van der Waals surface area contributed by atoms with Gasteiger partial charge in [-0.2, -0.15) is 0 Å². The van der Waals surface area contributed by atoms with E-state index >= 15 is 0 Å². The van der Waals surface area contributed by atoms with Gasteiger partial charge in [-0.3, -0.25) is 4.99 Å². The molecule has 6 nitrogen and oxygen atoms in total. The molecular formula is C17H25FIN3O3. The van der Waals surface area contributed by atoms with Crippen molar-refractivity contribution in [3.8, 4) is 5.75 Å². The Morgan fingerprint density at radius 3 is 2.84 bits per heavy atom. The molecule has 2 saturated heterocycles. The van der Waals surface area contributed by atoms with Crippen LogP contribution in [-0.2, 0) is 16.0 Å². The van der Waals surface area contributed by atoms with E-state index in [0.717, 1.165) is 44.1 Å². The van der Waals surface area contributed by atoms with E-state index in [9.17, 15) is 9.50 Å². The Hall–Kier alpha value is -1.13. The molecule has 0 bridgehead atoms. The van der Waals surface area contributed by atoms with E-state index < -0.39 is 5.82 Å². The van der Waals surface area contributed by atoms with Crippen molar-refractivity contribution >= 4 is 29.9 Å². The lowest BCUT2D eigenvalue weighted by atomic mass is 10.1. The van der Waals surface area contributed by atoms with Crippen LogP contribution in [0.1, 0.15) is 18.4 Å². The van der Waals surface area contributed by atoms with Crippen molar-refractivity contribution < 1.29 is 19.0 Å². The van der Waals surface area contributed by atoms with Gasteiger partial charge < -0.3 is 24.8 Å². The second-order valence-electron chi connectivity index (χ2n) is 6.09. The average Bonchev–Trinajstić information content (AvgIpc) is 3.13. The minimum atomic E-state index is -0.617. The van der Waals surface area contributed by atoms with Gasteiger partial charge in [0.2, 0.25) is 0 Å². The standard InChI is InChI=1S/C17H24FN3O3.HI/c1-19-17(20-10-12-4-5-14(22)13(18)9-12)21-6-8-24-16(11-21)15-3-2-7-23-15;/h4-5,9,15-16,22H,2-3,6-8,10-11H2,1H3,(H,19,20);1H. The number of benzene rings is 1. The minimum absolute atomic E-state index is 0. The quantitative estimate of drug-likeness (QED) is 0.407. The van der Waals surface area contributed by atoms with Gasteiger partial charge in [-0.05, 0) is 30.5 Å². The average molecular weight is 465 g/mol. The molecule has 0 aromatic heterocycles. The third-order valence-electron chi connectivity index (χ3n) is 4.45. The highest BCUT2D eigenvalue weighted by Crippen LogP contribution is 2.21. The Morgan fingerprint density at radius 2 is 2.16 bits per heavy atom. The number of aliphatic imine (C=N–C) groups is 1. The van der Waals surface area contributed by atoms with Crippen LogP contribution >= 0.6 is 24.0 Å². The highest BCUT2D eigenvalue weighted by Gasteiger charge is 2.32. The Morgan fingerprint density at radius 1 is 1.36 bits per heavy atom. The predicted octanol–water partition coefficient (Wildman–Crippen LogP) is 2.10. The molecule has 2 N–H and O–H groups in total. The van der Waals surface area contributed by atoms with Crippen LogP contribution in [-0.4, -0.2) is 61.5 Å². The molecule has 0 spiro atoms. The van der Waals surface area contributed by atoms with Crippen LogP contribution in [0.4, 0.5) is 4.39 Å². The van der Waals surface area contributed by atoms with Gasteiger partial charge in [0.15, 0.2) is 17.5 Å². The first-order valence-corrected chi connectivity index (χ1v) is 8.33. The Bertz CT molecular complexity index is 597. The molecule has 2 atom stereocenters. The Balaban J connectivity index is 0.00000225. The van der Waals surface area contributed by atoms with Gasteiger partial charge in [-0.15, -0.1) is 24.0 Å². The number of nitrogens with one attached hydrogen (secondary N) is 1. The fourth-order valence-corrected chi connectivity index (χ4v) is 3.16. The van der Waals surface area contributed by atoms with Crippen LogP contribution in [0.25, 0.3) is 0 Å². The zero-order chi connectivity index (χ0) is 16.9. The summed E-state index contributed by atoms with van der Waals surface area (Å²) in [5.74, 6) is -0.195. The fourth-order valence-electron chi connectivity index (χ4n) is 3.16. The summed E-state index contributed by atoms with van der Waals surface area (Å²) in [7, 11) is 1.73. The molecule has 140 valence electrons. The van der Waals surface area contributed by atoms with Crippen molar-refractivity contribution in [2.45, 2.75) is 31.6 Å². The first-order chi connectivity index (χ1) is 11.7. The lowest BCUT2D eigenvalue weighted by molar-refractivity contribution is -0.0817. The van der Waals surface area contributed by atoms with Crippen LogP contribution in [0, 0.1) is 5.82 Å². The molecule has 2 heterocycles. The normalized spacial score (nSPS) is 24.1. The smallest absolute Gasteiger partial charge is 0.194 e. The summed E-state index contributed by atoms with van der Waals surface area (Å²) in [6, 6.07) is 4.37. The number of phenolic OH excluding ortho intramolecular Hbond substituents is 1. The fraction of sp³-hybridized carbons (Fsp3) is 0.588. The maximum atomic E-state index is 13.4. The summed E-state index contributed by atoms with van der Waals surface area (Å²) in [4.78, 5) is 6.47. The Kier molecular flexibility index (Phi) is 7.70. The predicted molar refractivity (Wildman–Crippen MR) is 104 cm³/mol. The van der Waals surface area contributed by atoms with Crippen molar-refractivity contribution in [2.75, 3.05) is 33.4 Å². The van der Waals surface area contributed by atoms with Crippen LogP contribution < -0.4 is 5.32 Å². The molecule has 0 radical (unpaired) electrons. The summed E-state index contributed by atoms with van der Waals surface area (Å²) in [6.07, 6.45) is 2.35. The maximum Gasteiger partial charge on any atom is 0.194 e. The number of ether oxygens (including phenoxy) is 2. The van der Waals surface area contributed by atoms with Gasteiger partial charge in [0.1, 0.15) is 6.10 Å². The van der Waals surface area contributed by atoms with E-state index in [0.29, 0.717) is 13.2 Å². The van der Waals surface area contributed by atoms with E-state index in [1.807, 2.05) is 0 Å². The second kappa shape index (κ2) is 9.54. The highest BCUT2D eigenvalue weighted by molar-refractivity contribution is 14.0. The summed E-state index contributed by atoms with van der Waals surface area (Å²) in [5, 5.41) is 12.5. The number of hydrogen-bond donors (Lipinski definition) is 2. The number of aromatic hydroxyl groups is 1. The molecule has 0 aliphatic carbocycles. The van der Waals surface area contributed by atoms with Gasteiger partial charge in [-0.25, -0.2) is 4.39 Å². The summed E-state index contributed by atoms with van der Waals surface area (Å²) in [6.45, 7) is 3.37. The summed E-state index contributed by atoms with van der Waals surface area (Å²) < 4.78 is 25.0. The third kappa shape index (κ3) is 5.18. The monoisotopic (exact) mass is 465 g/mol. The molecule has 0 saturated carbocycles. The topological polar surface area (TPSA) is 66.3 Å². The molecular weight excluding hydrogens is 440 g/mol. The maximum absolute atomic E-state index is 13.4. The second-order valence-corrected chi connectivity index (χ2v) is 6.09. The number of rotatable bonds is 3. The van der Waals surface area contributed by atoms with Crippen molar-refractivity contribution in [2.24, 2.45) is 4.99 Å². The highest BCUT2D eigenvalue weighted by atomic mass is 127. The lowest BCUT2D eigenvalue weighted by Gasteiger charge is -2.37. The summed E-state index contributed by atoms with van der Waals surface area (Å²) >= 11 is 0. The number of guanidine groups is 1. The first-order valence-electron chi connectivity index (χ1n) is 8.33. The van der Waals surface area contributed by atoms with Crippen LogP contribution in [0.5, 0.6) is 5.75 Å². The van der Waals surface area contributed by atoms with Gasteiger partial charge in [-0.1, -0.05) is 6.07 Å². The molecule has 2 unspecified atom stereocenters. The van der Waals surface area contributed by atoms with E-state index in [1.165, 1.54) is 12.1 Å². The molecule has 2 aliphatic rings. The minimum Gasteiger partial charge on any atom is -0.505 e. The van der Waals surface area contributed by atoms with Gasteiger partial charge >= 0.3 is 0 Å². The molecule has 0 amide bonds. The van der Waals surface area contributed by atoms with Crippen molar-refractivity contribution in [1.82, 2.24) is 10.2 Å². The van der Waals surface area contributed by atoms with Crippen LogP contribution in [0.2, 0.25) is 0 Å². The van der Waals surface area contributed by atoms with Gasteiger partial charge in [0, 0.05) is 33.3 Å². The molecule has 25 heavy (non-hydrogen) atoms. The molecule has 3 rings (SSSR count). The van der Waals surface area contributed by atoms with Gasteiger partial charge in [0.05, 0.1) is 12.7 Å². The van der Waals surface area contributed by atoms with Crippen LogP contribution in [0.3, 0.4) is 0 Å². The lowest BCUT2D eigenvalue weighted by Crippen LogP contribution is -2.53. The van der Waals surface area contributed by atoms with Crippen molar-refractivity contribution in [3.05, 3.63) is 29.6 Å². The largest absolute Gasteiger partial charge is 0.505 e. The van der Waals surface area contributed by atoms with Crippen LogP contribution in [0.15, 0.2) is 23.2 Å². The van der Waals surface area contributed by atoms with Crippen molar-refractivity contribution in [3.63, 3.8) is 0 Å². The number of halogens is 2. The zero-order valence-electron chi connectivity index (χ0n) is 14.3. The van der Waals surface area contributed by atoms with Gasteiger partial charge in [0.25, 0.3) is 0 Å². The molecule has 1 aromatic rings. The van der Waals surface area contributed by atoms with E-state index in [4.69, 9.17) is 9.47 Å². The molecule has 2 aliphatic heterocycles. The van der Waals surface area contributed by atoms with E-state index in [1.54, 1.807) is 13.1 Å². The number of hydrogen-bond acceptors (Lipinski definition) is 4. The molecule has 1 aromatic carbocycles. The molecule has 8 heteroatoms. The SMILES string of the molecule is CN=C(NCc1ccc(O)c(F)c1)N1CCOC(C2CCCO2)C1.I. The zero-order valence-corrected chi connectivity index (χ0v) is 16.6. The van der Waals surface area contributed by atoms with Crippen molar-refractivity contribution in [1.29, 1.82) is 0 Å². The number of phenols is 1.